The first-order chi connectivity index (χ1) is 11.0. The molecule has 1 atom stereocenters. The third kappa shape index (κ3) is 4.37. The molecule has 0 aliphatic carbocycles. The summed E-state index contributed by atoms with van der Waals surface area (Å²) in [4.78, 5) is 12.7. The van der Waals surface area contributed by atoms with E-state index in [1.54, 1.807) is 24.3 Å². The number of hydrogen-bond donors (Lipinski definition) is 1. The highest BCUT2D eigenvalue weighted by atomic mass is 16.6. The lowest BCUT2D eigenvalue weighted by molar-refractivity contribution is -0.384. The number of benzene rings is 2. The minimum Gasteiger partial charge on any atom is -0.329 e. The zero-order valence-corrected chi connectivity index (χ0v) is 13.6. The van der Waals surface area contributed by atoms with Crippen molar-refractivity contribution < 1.29 is 4.92 Å². The molecule has 0 saturated heterocycles. The van der Waals surface area contributed by atoms with Crippen LogP contribution in [0.1, 0.15) is 31.0 Å². The van der Waals surface area contributed by atoms with Gasteiger partial charge in [-0.05, 0) is 25.0 Å². The second-order valence-corrected chi connectivity index (χ2v) is 5.85. The molecule has 2 aromatic carbocycles. The van der Waals surface area contributed by atoms with Crippen molar-refractivity contribution in [3.8, 4) is 0 Å². The molecule has 0 aliphatic rings. The van der Waals surface area contributed by atoms with Crippen LogP contribution in [0.5, 0.6) is 0 Å². The van der Waals surface area contributed by atoms with E-state index in [4.69, 9.17) is 5.73 Å². The first kappa shape index (κ1) is 17.1. The second-order valence-electron chi connectivity index (χ2n) is 5.85. The smallest absolute Gasteiger partial charge is 0.269 e. The second kappa shape index (κ2) is 7.85. The normalized spacial score (nSPS) is 12.6. The Morgan fingerprint density at radius 3 is 2.17 bits per heavy atom. The largest absolute Gasteiger partial charge is 0.329 e. The van der Waals surface area contributed by atoms with Crippen LogP contribution in [-0.2, 0) is 6.54 Å². The van der Waals surface area contributed by atoms with Gasteiger partial charge in [0.05, 0.1) is 4.92 Å². The molecule has 122 valence electrons. The quantitative estimate of drug-likeness (QED) is 0.627. The summed E-state index contributed by atoms with van der Waals surface area (Å²) in [7, 11) is 0. The molecule has 0 heterocycles. The highest BCUT2D eigenvalue weighted by Crippen LogP contribution is 2.26. The van der Waals surface area contributed by atoms with E-state index in [1.165, 1.54) is 5.56 Å². The number of nitrogens with zero attached hydrogens (tertiary/aromatic N) is 2. The first-order valence-corrected chi connectivity index (χ1v) is 7.77. The van der Waals surface area contributed by atoms with Gasteiger partial charge in [-0.3, -0.25) is 15.0 Å². The van der Waals surface area contributed by atoms with E-state index >= 15 is 0 Å². The Bertz CT molecular complexity index is 626. The lowest BCUT2D eigenvalue weighted by atomic mass is 10.0. The zero-order valence-electron chi connectivity index (χ0n) is 13.6. The minimum atomic E-state index is -0.384. The zero-order chi connectivity index (χ0) is 16.8. The topological polar surface area (TPSA) is 72.4 Å². The van der Waals surface area contributed by atoms with Gasteiger partial charge in [0.1, 0.15) is 0 Å². The predicted octanol–water partition coefficient (Wildman–Crippen LogP) is 3.51. The summed E-state index contributed by atoms with van der Waals surface area (Å²) in [5, 5.41) is 10.8. The number of rotatable bonds is 7. The van der Waals surface area contributed by atoms with E-state index in [0.717, 1.165) is 12.1 Å². The first-order valence-electron chi connectivity index (χ1n) is 7.77. The van der Waals surface area contributed by atoms with Gasteiger partial charge in [-0.1, -0.05) is 42.5 Å². The standard InChI is InChI=1S/C18H23N3O2/c1-14(2)20(13-15-6-4-3-5-7-15)18(12-19)16-8-10-17(11-9-16)21(22)23/h3-11,14,18H,12-13,19H2,1-2H3. The van der Waals surface area contributed by atoms with Gasteiger partial charge in [-0.2, -0.15) is 0 Å². The van der Waals surface area contributed by atoms with Crippen LogP contribution in [0.3, 0.4) is 0 Å². The third-order valence-electron chi connectivity index (χ3n) is 3.98. The fourth-order valence-corrected chi connectivity index (χ4v) is 2.73. The van der Waals surface area contributed by atoms with Crippen molar-refractivity contribution in [1.82, 2.24) is 4.90 Å². The molecule has 5 nitrogen and oxygen atoms in total. The van der Waals surface area contributed by atoms with Crippen LogP contribution in [0.2, 0.25) is 0 Å². The molecule has 23 heavy (non-hydrogen) atoms. The average Bonchev–Trinajstić information content (AvgIpc) is 2.56. The molecule has 0 spiro atoms. The maximum Gasteiger partial charge on any atom is 0.269 e. The average molecular weight is 313 g/mol. The Kier molecular flexibility index (Phi) is 5.84. The van der Waals surface area contributed by atoms with Crippen LogP contribution in [0.25, 0.3) is 0 Å². The summed E-state index contributed by atoms with van der Waals surface area (Å²) in [6.45, 7) is 5.52. The van der Waals surface area contributed by atoms with E-state index in [0.29, 0.717) is 12.6 Å². The minimum absolute atomic E-state index is 0.0241. The maximum atomic E-state index is 10.8. The summed E-state index contributed by atoms with van der Waals surface area (Å²) >= 11 is 0. The fraction of sp³-hybridized carbons (Fsp3) is 0.333. The molecule has 2 rings (SSSR count). The molecule has 0 radical (unpaired) electrons. The van der Waals surface area contributed by atoms with Gasteiger partial charge in [-0.25, -0.2) is 0 Å². The van der Waals surface area contributed by atoms with Crippen molar-refractivity contribution in [3.63, 3.8) is 0 Å². The third-order valence-corrected chi connectivity index (χ3v) is 3.98. The molecule has 1 unspecified atom stereocenters. The molecular formula is C18H23N3O2. The van der Waals surface area contributed by atoms with Gasteiger partial charge in [-0.15, -0.1) is 0 Å². The van der Waals surface area contributed by atoms with E-state index in [9.17, 15) is 10.1 Å². The maximum absolute atomic E-state index is 10.8. The van der Waals surface area contributed by atoms with Crippen molar-refractivity contribution in [1.29, 1.82) is 0 Å². The van der Waals surface area contributed by atoms with Crippen LogP contribution in [0, 0.1) is 10.1 Å². The monoisotopic (exact) mass is 313 g/mol. The number of nitro groups is 1. The molecule has 2 aromatic rings. The van der Waals surface area contributed by atoms with Crippen LogP contribution >= 0.6 is 0 Å². The number of nitro benzene ring substituents is 1. The van der Waals surface area contributed by atoms with Gasteiger partial charge >= 0.3 is 0 Å². The van der Waals surface area contributed by atoms with Gasteiger partial charge in [0.2, 0.25) is 0 Å². The Morgan fingerprint density at radius 1 is 1.09 bits per heavy atom. The Hall–Kier alpha value is -2.24. The van der Waals surface area contributed by atoms with Crippen LogP contribution in [0.15, 0.2) is 54.6 Å². The Morgan fingerprint density at radius 2 is 1.70 bits per heavy atom. The molecule has 2 N–H and O–H groups in total. The summed E-state index contributed by atoms with van der Waals surface area (Å²) in [6, 6.07) is 17.3. The van der Waals surface area contributed by atoms with Crippen molar-refractivity contribution >= 4 is 5.69 Å². The Balaban J connectivity index is 2.25. The van der Waals surface area contributed by atoms with Crippen molar-refractivity contribution in [3.05, 3.63) is 75.8 Å². The van der Waals surface area contributed by atoms with Crippen molar-refractivity contribution in [2.45, 2.75) is 32.5 Å². The molecule has 0 saturated carbocycles. The molecule has 5 heteroatoms. The fourth-order valence-electron chi connectivity index (χ4n) is 2.73. The van der Waals surface area contributed by atoms with Gasteiger partial charge < -0.3 is 5.73 Å². The van der Waals surface area contributed by atoms with Crippen LogP contribution < -0.4 is 5.73 Å². The van der Waals surface area contributed by atoms with E-state index in [-0.39, 0.29) is 16.7 Å². The lowest BCUT2D eigenvalue weighted by Crippen LogP contribution is -2.38. The van der Waals surface area contributed by atoms with E-state index in [2.05, 4.69) is 30.9 Å². The number of non-ortho nitro benzene ring substituents is 1. The lowest BCUT2D eigenvalue weighted by Gasteiger charge is -2.34. The molecular weight excluding hydrogens is 290 g/mol. The van der Waals surface area contributed by atoms with Crippen LogP contribution in [0.4, 0.5) is 5.69 Å². The molecule has 0 fully saturated rings. The van der Waals surface area contributed by atoms with Gasteiger partial charge in [0.15, 0.2) is 0 Å². The molecule has 0 amide bonds. The molecule has 0 aromatic heterocycles. The summed E-state index contributed by atoms with van der Waals surface area (Å²) in [6.07, 6.45) is 0. The summed E-state index contributed by atoms with van der Waals surface area (Å²) in [5.41, 5.74) is 8.35. The molecule has 0 aliphatic heterocycles. The predicted molar refractivity (Wildman–Crippen MR) is 92.0 cm³/mol. The number of nitrogens with two attached hydrogens (primary N) is 1. The van der Waals surface area contributed by atoms with E-state index < -0.39 is 0 Å². The van der Waals surface area contributed by atoms with E-state index in [1.807, 2.05) is 18.2 Å². The summed E-state index contributed by atoms with van der Waals surface area (Å²) < 4.78 is 0. The SMILES string of the molecule is CC(C)N(Cc1ccccc1)C(CN)c1ccc([N+](=O)[O-])cc1. The van der Waals surface area contributed by atoms with Crippen molar-refractivity contribution in [2.75, 3.05) is 6.54 Å². The number of hydrogen-bond acceptors (Lipinski definition) is 4. The van der Waals surface area contributed by atoms with Crippen LogP contribution in [-0.4, -0.2) is 22.4 Å². The highest BCUT2D eigenvalue weighted by Gasteiger charge is 2.22. The summed E-state index contributed by atoms with van der Waals surface area (Å²) in [5.74, 6) is 0. The Labute approximate surface area is 136 Å². The van der Waals surface area contributed by atoms with Gasteiger partial charge in [0, 0.05) is 37.3 Å². The highest BCUT2D eigenvalue weighted by molar-refractivity contribution is 5.34. The van der Waals surface area contributed by atoms with Crippen molar-refractivity contribution in [2.24, 2.45) is 5.73 Å². The molecule has 0 bridgehead atoms. The van der Waals surface area contributed by atoms with Gasteiger partial charge in [0.25, 0.3) is 5.69 Å².